The number of aliphatic hydroxyl groups is 2. The SMILES string of the molecule is CC[C@H]1[C@@H]2C[C@H]3[C@@H]4N(CC(C)=O)c5ccccc5[C@@]45C[C@@H]([C@H]2[C@H]5O)N3[C@@H]1O. The lowest BCUT2D eigenvalue weighted by molar-refractivity contribution is -0.211. The van der Waals surface area contributed by atoms with Crippen LogP contribution in [0.5, 0.6) is 0 Å². The molecule has 7 rings (SSSR count). The Balaban J connectivity index is 1.57. The highest BCUT2D eigenvalue weighted by Gasteiger charge is 2.76. The standard InChI is InChI=1S/C22H28N2O3/c1-3-12-13-8-16-19-22(9-17(18(13)20(22)26)24(16)21(12)27)14-6-4-5-7-15(14)23(19)10-11(2)25/h4-7,12-13,16-21,26-27H,3,8-10H2,1-2H3/t12-,13-,16-,17-,18-,19-,20+,21+,22-/m0/s1. The van der Waals surface area contributed by atoms with E-state index in [2.05, 4.69) is 34.9 Å². The molecule has 2 N–H and O–H groups in total. The summed E-state index contributed by atoms with van der Waals surface area (Å²) in [4.78, 5) is 16.7. The van der Waals surface area contributed by atoms with Gasteiger partial charge in [-0.15, -0.1) is 0 Å². The topological polar surface area (TPSA) is 64.0 Å². The fourth-order valence-corrected chi connectivity index (χ4v) is 8.13. The van der Waals surface area contributed by atoms with Gasteiger partial charge in [-0.3, -0.25) is 9.69 Å². The fourth-order valence-electron chi connectivity index (χ4n) is 8.13. The maximum Gasteiger partial charge on any atom is 0.149 e. The molecule has 6 aliphatic rings. The third-order valence-corrected chi connectivity index (χ3v) is 8.70. The second-order valence-electron chi connectivity index (χ2n) is 9.53. The van der Waals surface area contributed by atoms with Crippen molar-refractivity contribution in [3.05, 3.63) is 29.8 Å². The Labute approximate surface area is 160 Å². The number of carbonyl (C=O) groups excluding carboxylic acids is 1. The van der Waals surface area contributed by atoms with Crippen LogP contribution in [0.15, 0.2) is 24.3 Å². The van der Waals surface area contributed by atoms with Gasteiger partial charge in [0.15, 0.2) is 0 Å². The summed E-state index contributed by atoms with van der Waals surface area (Å²) in [5.41, 5.74) is 2.05. The summed E-state index contributed by atoms with van der Waals surface area (Å²) in [5.74, 6) is 1.03. The smallest absolute Gasteiger partial charge is 0.149 e. The summed E-state index contributed by atoms with van der Waals surface area (Å²) in [6.07, 6.45) is 2.08. The van der Waals surface area contributed by atoms with Gasteiger partial charge >= 0.3 is 0 Å². The second kappa shape index (κ2) is 5.13. The number of para-hydroxylation sites is 1. The van der Waals surface area contributed by atoms with Crippen LogP contribution in [0.4, 0.5) is 5.69 Å². The highest BCUT2D eigenvalue weighted by molar-refractivity contribution is 5.83. The van der Waals surface area contributed by atoms with E-state index in [9.17, 15) is 15.0 Å². The molecule has 5 fully saturated rings. The Morgan fingerprint density at radius 2 is 2.04 bits per heavy atom. The van der Waals surface area contributed by atoms with E-state index < -0.39 is 12.3 Å². The molecule has 1 aliphatic carbocycles. The van der Waals surface area contributed by atoms with Gasteiger partial charge in [0.25, 0.3) is 0 Å². The van der Waals surface area contributed by atoms with Crippen molar-refractivity contribution in [2.75, 3.05) is 11.4 Å². The lowest BCUT2D eigenvalue weighted by Gasteiger charge is -2.62. The van der Waals surface area contributed by atoms with E-state index in [4.69, 9.17) is 0 Å². The predicted octanol–water partition coefficient (Wildman–Crippen LogP) is 1.51. The van der Waals surface area contributed by atoms with Crippen LogP contribution in [0.1, 0.15) is 38.7 Å². The predicted molar refractivity (Wildman–Crippen MR) is 101 cm³/mol. The van der Waals surface area contributed by atoms with Crippen molar-refractivity contribution >= 4 is 11.5 Å². The number of nitrogens with zero attached hydrogens (tertiary/aromatic N) is 2. The molecule has 0 aromatic heterocycles. The number of ketones is 1. The number of aliphatic hydroxyl groups excluding tert-OH is 2. The van der Waals surface area contributed by atoms with Crippen LogP contribution in [0, 0.1) is 17.8 Å². The number of carbonyl (C=O) groups is 1. The van der Waals surface area contributed by atoms with Crippen molar-refractivity contribution in [2.45, 2.75) is 69.0 Å². The van der Waals surface area contributed by atoms with E-state index in [0.29, 0.717) is 12.5 Å². The van der Waals surface area contributed by atoms with Gasteiger partial charge in [-0.2, -0.15) is 0 Å². The monoisotopic (exact) mass is 368 g/mol. The van der Waals surface area contributed by atoms with E-state index in [1.807, 2.05) is 6.07 Å². The number of piperidine rings is 4. The summed E-state index contributed by atoms with van der Waals surface area (Å²) in [6.45, 7) is 4.19. The zero-order valence-electron chi connectivity index (χ0n) is 16.0. The van der Waals surface area contributed by atoms with Gasteiger partial charge in [0.2, 0.25) is 0 Å². The summed E-state index contributed by atoms with van der Waals surface area (Å²) in [7, 11) is 0. The van der Waals surface area contributed by atoms with Gasteiger partial charge in [0.1, 0.15) is 12.0 Å². The first kappa shape index (κ1) is 16.5. The molecule has 1 unspecified atom stereocenters. The molecule has 1 aromatic carbocycles. The molecule has 5 heteroatoms. The third-order valence-electron chi connectivity index (χ3n) is 8.70. The van der Waals surface area contributed by atoms with E-state index in [-0.39, 0.29) is 41.2 Å². The van der Waals surface area contributed by atoms with E-state index in [1.165, 1.54) is 5.56 Å². The second-order valence-corrected chi connectivity index (χ2v) is 9.53. The number of Topliss-reactive ketones (excluding diaryl/α,β-unsaturated/α-hetero) is 1. The van der Waals surface area contributed by atoms with Crippen molar-refractivity contribution in [3.8, 4) is 0 Å². The van der Waals surface area contributed by atoms with Crippen LogP contribution in [0.2, 0.25) is 0 Å². The molecule has 0 radical (unpaired) electrons. The number of fused-ring (bicyclic) bond motifs is 2. The van der Waals surface area contributed by atoms with Crippen molar-refractivity contribution in [3.63, 3.8) is 0 Å². The Bertz CT molecular complexity index is 828. The minimum atomic E-state index is -0.411. The largest absolute Gasteiger partial charge is 0.392 e. The Morgan fingerprint density at radius 1 is 1.26 bits per heavy atom. The lowest BCUT2D eigenvalue weighted by atomic mass is 9.62. The van der Waals surface area contributed by atoms with Gasteiger partial charge < -0.3 is 15.1 Å². The highest BCUT2D eigenvalue weighted by atomic mass is 16.3. The first-order valence-electron chi connectivity index (χ1n) is 10.5. The van der Waals surface area contributed by atoms with Crippen molar-refractivity contribution < 1.29 is 15.0 Å². The molecule has 144 valence electrons. The summed E-state index contributed by atoms with van der Waals surface area (Å²) in [5, 5.41) is 22.9. The quantitative estimate of drug-likeness (QED) is 0.847. The van der Waals surface area contributed by atoms with Crippen LogP contribution >= 0.6 is 0 Å². The van der Waals surface area contributed by atoms with Gasteiger partial charge in [-0.25, -0.2) is 0 Å². The Morgan fingerprint density at radius 3 is 2.78 bits per heavy atom. The normalized spacial score (nSPS) is 50.8. The molecule has 5 nitrogen and oxygen atoms in total. The zero-order chi connectivity index (χ0) is 18.7. The van der Waals surface area contributed by atoms with Crippen LogP contribution < -0.4 is 4.90 Å². The third kappa shape index (κ3) is 1.67. The van der Waals surface area contributed by atoms with Crippen LogP contribution in [0.25, 0.3) is 0 Å². The van der Waals surface area contributed by atoms with Gasteiger partial charge in [0, 0.05) is 35.0 Å². The summed E-state index contributed by atoms with van der Waals surface area (Å²) < 4.78 is 0. The molecule has 1 aromatic rings. The van der Waals surface area contributed by atoms with E-state index >= 15 is 0 Å². The van der Waals surface area contributed by atoms with E-state index in [1.54, 1.807) is 6.92 Å². The number of anilines is 1. The highest BCUT2D eigenvalue weighted by Crippen LogP contribution is 2.69. The van der Waals surface area contributed by atoms with Crippen LogP contribution in [0.3, 0.4) is 0 Å². The van der Waals surface area contributed by atoms with Crippen molar-refractivity contribution in [1.29, 1.82) is 0 Å². The molecule has 1 spiro atoms. The molecule has 27 heavy (non-hydrogen) atoms. The maximum absolute atomic E-state index is 12.1. The number of rotatable bonds is 3. The zero-order valence-corrected chi connectivity index (χ0v) is 16.0. The molecular formula is C22H28N2O3. The molecule has 5 heterocycles. The molecule has 4 saturated heterocycles. The molecule has 5 bridgehead atoms. The minimum Gasteiger partial charge on any atom is -0.392 e. The average Bonchev–Trinajstić information content (AvgIpc) is 3.04. The van der Waals surface area contributed by atoms with E-state index in [0.717, 1.165) is 24.9 Å². The Hall–Kier alpha value is -1.43. The van der Waals surface area contributed by atoms with Crippen LogP contribution in [-0.2, 0) is 10.2 Å². The molecule has 5 aliphatic heterocycles. The molecule has 1 saturated carbocycles. The molecule has 10 atom stereocenters. The summed E-state index contributed by atoms with van der Waals surface area (Å²) >= 11 is 0. The summed E-state index contributed by atoms with van der Waals surface area (Å²) in [6, 6.07) is 8.94. The first-order chi connectivity index (χ1) is 13.0. The first-order valence-corrected chi connectivity index (χ1v) is 10.5. The molecular weight excluding hydrogens is 340 g/mol. The average molecular weight is 368 g/mol. The number of hydrogen-bond acceptors (Lipinski definition) is 5. The number of benzene rings is 1. The minimum absolute atomic E-state index is 0.0764. The van der Waals surface area contributed by atoms with Gasteiger partial charge in [-0.1, -0.05) is 25.1 Å². The van der Waals surface area contributed by atoms with Crippen molar-refractivity contribution in [1.82, 2.24) is 4.90 Å². The maximum atomic E-state index is 12.1. The molecule has 0 amide bonds. The van der Waals surface area contributed by atoms with Crippen molar-refractivity contribution in [2.24, 2.45) is 17.8 Å². The van der Waals surface area contributed by atoms with Crippen LogP contribution in [-0.4, -0.2) is 57.9 Å². The fraction of sp³-hybridized carbons (Fsp3) is 0.682. The van der Waals surface area contributed by atoms with Gasteiger partial charge in [0.05, 0.1) is 18.7 Å². The number of hydrogen-bond donors (Lipinski definition) is 2. The lowest BCUT2D eigenvalue weighted by Crippen LogP contribution is -2.73. The van der Waals surface area contributed by atoms with Gasteiger partial charge in [-0.05, 0) is 43.7 Å². The Kier molecular flexibility index (Phi) is 3.14.